The van der Waals surface area contributed by atoms with Crippen molar-refractivity contribution < 1.29 is 9.50 Å². The second-order valence-electron chi connectivity index (χ2n) is 6.17. The molecule has 5 heteroatoms. The maximum absolute atomic E-state index is 14.2. The third-order valence-electron chi connectivity index (χ3n) is 3.37. The lowest BCUT2D eigenvalue weighted by molar-refractivity contribution is 0.0515. The van der Waals surface area contributed by atoms with Crippen molar-refractivity contribution in [3.8, 4) is 0 Å². The van der Waals surface area contributed by atoms with Crippen LogP contribution >= 0.6 is 0 Å². The van der Waals surface area contributed by atoms with Gasteiger partial charge in [-0.3, -0.25) is 4.98 Å². The summed E-state index contributed by atoms with van der Waals surface area (Å²) in [5.74, 6) is -0.105. The number of benzene rings is 1. The molecule has 1 atom stereocenters. The molecule has 2 aromatic rings. The lowest BCUT2D eigenvalue weighted by atomic mass is 9.94. The van der Waals surface area contributed by atoms with Crippen molar-refractivity contribution in [2.45, 2.75) is 32.8 Å². The summed E-state index contributed by atoms with van der Waals surface area (Å²) in [6.45, 7) is 6.06. The molecule has 114 valence electrons. The van der Waals surface area contributed by atoms with Crippen LogP contribution in [0.25, 0.3) is 10.9 Å². The highest BCUT2D eigenvalue weighted by Gasteiger charge is 2.23. The molecule has 0 radical (unpaired) electrons. The number of hydrogen-bond donors (Lipinski definition) is 3. The van der Waals surface area contributed by atoms with E-state index in [0.717, 1.165) is 0 Å². The van der Waals surface area contributed by atoms with Crippen LogP contribution in [0.3, 0.4) is 0 Å². The molecule has 1 aromatic carbocycles. The van der Waals surface area contributed by atoms with Crippen LogP contribution in [0.2, 0.25) is 0 Å². The van der Waals surface area contributed by atoms with Crippen LogP contribution in [0.5, 0.6) is 0 Å². The topological polar surface area (TPSA) is 71.2 Å². The van der Waals surface area contributed by atoms with Crippen LogP contribution in [0, 0.1) is 11.7 Å². The zero-order valence-electron chi connectivity index (χ0n) is 12.7. The number of nitrogens with one attached hydrogen (secondary N) is 1. The van der Waals surface area contributed by atoms with E-state index in [1.165, 1.54) is 6.07 Å². The van der Waals surface area contributed by atoms with E-state index in [4.69, 9.17) is 5.73 Å². The van der Waals surface area contributed by atoms with Gasteiger partial charge >= 0.3 is 0 Å². The summed E-state index contributed by atoms with van der Waals surface area (Å²) in [5, 5.41) is 14.0. The summed E-state index contributed by atoms with van der Waals surface area (Å²) in [4.78, 5) is 4.20. The van der Waals surface area contributed by atoms with E-state index in [-0.39, 0.29) is 12.2 Å². The van der Waals surface area contributed by atoms with E-state index in [2.05, 4.69) is 10.3 Å². The zero-order valence-corrected chi connectivity index (χ0v) is 12.7. The number of nitrogen functional groups attached to an aromatic ring is 1. The third kappa shape index (κ3) is 3.61. The van der Waals surface area contributed by atoms with Crippen LogP contribution in [-0.4, -0.2) is 22.2 Å². The number of rotatable bonds is 5. The van der Waals surface area contributed by atoms with Crippen LogP contribution in [0.1, 0.15) is 27.2 Å². The summed E-state index contributed by atoms with van der Waals surface area (Å²) in [7, 11) is 0. The Labute approximate surface area is 124 Å². The normalized spacial score (nSPS) is 14.4. The van der Waals surface area contributed by atoms with Gasteiger partial charge in [-0.1, -0.05) is 13.8 Å². The zero-order chi connectivity index (χ0) is 15.6. The highest BCUT2D eigenvalue weighted by molar-refractivity contribution is 5.98. The number of anilines is 2. The fraction of sp³-hybridized carbons (Fsp3) is 0.438. The molecule has 4 N–H and O–H groups in total. The smallest absolute Gasteiger partial charge is 0.150 e. The van der Waals surface area contributed by atoms with Gasteiger partial charge in [-0.25, -0.2) is 4.39 Å². The molecule has 0 aliphatic rings. The van der Waals surface area contributed by atoms with E-state index >= 15 is 0 Å². The summed E-state index contributed by atoms with van der Waals surface area (Å²) in [6.07, 6.45) is 2.22. The molecule has 1 aromatic heterocycles. The number of pyridine rings is 1. The van der Waals surface area contributed by atoms with Crippen LogP contribution in [0.15, 0.2) is 24.4 Å². The van der Waals surface area contributed by atoms with Gasteiger partial charge in [-0.2, -0.15) is 0 Å². The summed E-state index contributed by atoms with van der Waals surface area (Å²) in [5.41, 5.74) is 6.02. The molecule has 4 nitrogen and oxygen atoms in total. The molecule has 1 unspecified atom stereocenters. The van der Waals surface area contributed by atoms with E-state index in [1.54, 1.807) is 25.3 Å². The molecule has 0 spiro atoms. The Morgan fingerprint density at radius 2 is 2.19 bits per heavy atom. The Bertz CT molecular complexity index is 641. The van der Waals surface area contributed by atoms with Gasteiger partial charge in [0.25, 0.3) is 0 Å². The number of fused-ring (bicyclic) bond motifs is 1. The van der Waals surface area contributed by atoms with Crippen molar-refractivity contribution in [3.05, 3.63) is 30.2 Å². The van der Waals surface area contributed by atoms with E-state index < -0.39 is 11.4 Å². The van der Waals surface area contributed by atoms with Crippen LogP contribution < -0.4 is 11.1 Å². The minimum Gasteiger partial charge on any atom is -0.398 e. The fourth-order valence-electron chi connectivity index (χ4n) is 2.64. The third-order valence-corrected chi connectivity index (χ3v) is 3.37. The van der Waals surface area contributed by atoms with Crippen LogP contribution in [-0.2, 0) is 0 Å². The van der Waals surface area contributed by atoms with Crippen molar-refractivity contribution >= 4 is 22.3 Å². The van der Waals surface area contributed by atoms with E-state index in [0.29, 0.717) is 28.9 Å². The van der Waals surface area contributed by atoms with Gasteiger partial charge in [0.2, 0.25) is 0 Å². The molecule has 21 heavy (non-hydrogen) atoms. The first kappa shape index (κ1) is 15.5. The monoisotopic (exact) mass is 291 g/mol. The maximum Gasteiger partial charge on any atom is 0.150 e. The van der Waals surface area contributed by atoms with Gasteiger partial charge in [0.05, 0.1) is 16.8 Å². The number of nitrogens with two attached hydrogens (primary N) is 1. The molecular weight excluding hydrogens is 269 g/mol. The highest BCUT2D eigenvalue weighted by Crippen LogP contribution is 2.30. The van der Waals surface area contributed by atoms with Gasteiger partial charge in [-0.05, 0) is 37.5 Å². The molecular formula is C16H22FN3O. The molecule has 0 aliphatic heterocycles. The molecule has 0 aliphatic carbocycles. The second-order valence-corrected chi connectivity index (χ2v) is 6.17. The Kier molecular flexibility index (Phi) is 4.32. The Hall–Kier alpha value is -1.88. The van der Waals surface area contributed by atoms with Crippen molar-refractivity contribution in [1.29, 1.82) is 0 Å². The number of nitrogens with zero attached hydrogens (tertiary/aromatic N) is 1. The molecule has 0 saturated heterocycles. The minimum atomic E-state index is -0.914. The fourth-order valence-corrected chi connectivity index (χ4v) is 2.64. The lowest BCUT2D eigenvalue weighted by Gasteiger charge is -2.26. The first-order valence-electron chi connectivity index (χ1n) is 7.09. The maximum atomic E-state index is 14.2. The van der Waals surface area contributed by atoms with Gasteiger partial charge in [0, 0.05) is 23.8 Å². The summed E-state index contributed by atoms with van der Waals surface area (Å²) < 4.78 is 14.2. The Balaban J connectivity index is 2.31. The SMILES string of the molecule is CC(C)CC(C)(O)CNc1c(F)cc(N)c2cccnc12. The Morgan fingerprint density at radius 1 is 1.48 bits per heavy atom. The molecule has 1 heterocycles. The summed E-state index contributed by atoms with van der Waals surface area (Å²) in [6, 6.07) is 4.84. The van der Waals surface area contributed by atoms with Crippen molar-refractivity contribution in [2.75, 3.05) is 17.6 Å². The van der Waals surface area contributed by atoms with Crippen molar-refractivity contribution in [1.82, 2.24) is 4.98 Å². The molecule has 2 rings (SSSR count). The first-order valence-corrected chi connectivity index (χ1v) is 7.09. The molecule has 0 saturated carbocycles. The Morgan fingerprint density at radius 3 is 2.86 bits per heavy atom. The number of hydrogen-bond acceptors (Lipinski definition) is 4. The van der Waals surface area contributed by atoms with Gasteiger partial charge in [0.1, 0.15) is 0 Å². The average molecular weight is 291 g/mol. The molecule has 0 amide bonds. The highest BCUT2D eigenvalue weighted by atomic mass is 19.1. The van der Waals surface area contributed by atoms with Crippen molar-refractivity contribution in [2.24, 2.45) is 5.92 Å². The quantitative estimate of drug-likeness (QED) is 0.740. The minimum absolute atomic E-state index is 0.248. The standard InChI is InChI=1S/C16H22FN3O/c1-10(2)8-16(3,21)9-20-15-12(17)7-13(18)11-5-4-6-19-14(11)15/h4-7,10,20-21H,8-9,18H2,1-3H3. The van der Waals surface area contributed by atoms with Gasteiger partial charge in [0.15, 0.2) is 5.82 Å². The van der Waals surface area contributed by atoms with Gasteiger partial charge in [-0.15, -0.1) is 0 Å². The number of halogens is 1. The summed E-state index contributed by atoms with van der Waals surface area (Å²) >= 11 is 0. The van der Waals surface area contributed by atoms with E-state index in [1.807, 2.05) is 13.8 Å². The van der Waals surface area contributed by atoms with Crippen LogP contribution in [0.4, 0.5) is 15.8 Å². The molecule has 0 bridgehead atoms. The average Bonchev–Trinajstić information content (AvgIpc) is 2.36. The lowest BCUT2D eigenvalue weighted by Crippen LogP contribution is -2.35. The van der Waals surface area contributed by atoms with Gasteiger partial charge < -0.3 is 16.2 Å². The number of aromatic nitrogens is 1. The van der Waals surface area contributed by atoms with E-state index in [9.17, 15) is 9.50 Å². The largest absolute Gasteiger partial charge is 0.398 e. The molecule has 0 fully saturated rings. The number of aliphatic hydroxyl groups is 1. The first-order chi connectivity index (χ1) is 9.80. The predicted molar refractivity (Wildman–Crippen MR) is 84.7 cm³/mol. The second kappa shape index (κ2) is 5.85. The van der Waals surface area contributed by atoms with Crippen molar-refractivity contribution in [3.63, 3.8) is 0 Å². The predicted octanol–water partition coefficient (Wildman–Crippen LogP) is 3.17.